The van der Waals surface area contributed by atoms with E-state index in [1.165, 1.54) is 13.2 Å². The zero-order valence-corrected chi connectivity index (χ0v) is 11.4. The lowest BCUT2D eigenvalue weighted by Crippen LogP contribution is -2.02. The first kappa shape index (κ1) is 15.0. The first-order valence-corrected chi connectivity index (χ1v) is 6.12. The van der Waals surface area contributed by atoms with Crippen molar-refractivity contribution in [3.8, 4) is 5.75 Å². The van der Waals surface area contributed by atoms with Gasteiger partial charge in [0.05, 0.1) is 13.7 Å². The van der Waals surface area contributed by atoms with E-state index in [2.05, 4.69) is 4.74 Å². The van der Waals surface area contributed by atoms with Crippen molar-refractivity contribution in [3.63, 3.8) is 0 Å². The van der Waals surface area contributed by atoms with Gasteiger partial charge in [-0.15, -0.1) is 0 Å². The molecule has 0 fully saturated rings. The van der Waals surface area contributed by atoms with Crippen LogP contribution < -0.4 is 4.74 Å². The number of methoxy groups -OCH3 is 1. The molecule has 4 nitrogen and oxygen atoms in total. The van der Waals surface area contributed by atoms with Crippen molar-refractivity contribution >= 4 is 11.8 Å². The van der Waals surface area contributed by atoms with Crippen molar-refractivity contribution in [3.05, 3.63) is 41.5 Å². The molecule has 0 heterocycles. The molecule has 0 saturated carbocycles. The van der Waals surface area contributed by atoms with E-state index in [1.807, 2.05) is 19.9 Å². The third-order valence-electron chi connectivity index (χ3n) is 2.51. The van der Waals surface area contributed by atoms with Crippen LogP contribution in [0, 0.1) is 6.92 Å². The van der Waals surface area contributed by atoms with Crippen LogP contribution in [-0.4, -0.2) is 25.5 Å². The van der Waals surface area contributed by atoms with E-state index < -0.39 is 5.97 Å². The molecular formula is C15H18O4. The molecule has 0 aromatic heterocycles. The van der Waals surface area contributed by atoms with Gasteiger partial charge >= 0.3 is 5.97 Å². The van der Waals surface area contributed by atoms with Gasteiger partial charge in [0.15, 0.2) is 5.78 Å². The second-order valence-corrected chi connectivity index (χ2v) is 4.05. The van der Waals surface area contributed by atoms with Crippen molar-refractivity contribution < 1.29 is 19.1 Å². The molecule has 0 atom stereocenters. The molecule has 0 spiro atoms. The monoisotopic (exact) mass is 262 g/mol. The first-order chi connectivity index (χ1) is 9.08. The summed E-state index contributed by atoms with van der Waals surface area (Å²) in [5.41, 5.74) is 1.36. The Morgan fingerprint density at radius 2 is 2.00 bits per heavy atom. The molecule has 0 amide bonds. The minimum absolute atomic E-state index is 0.232. The predicted molar refractivity (Wildman–Crippen MR) is 72.5 cm³/mol. The summed E-state index contributed by atoms with van der Waals surface area (Å²) >= 11 is 0. The molecule has 102 valence electrons. The molecule has 0 N–H and O–H groups in total. The van der Waals surface area contributed by atoms with Crippen molar-refractivity contribution in [2.75, 3.05) is 13.7 Å². The molecule has 0 saturated heterocycles. The third-order valence-corrected chi connectivity index (χ3v) is 2.51. The molecule has 0 unspecified atom stereocenters. The molecule has 1 aromatic rings. The minimum Gasteiger partial charge on any atom is -0.494 e. The predicted octanol–water partition coefficient (Wildman–Crippen LogP) is 2.70. The lowest BCUT2D eigenvalue weighted by atomic mass is 10.0. The second kappa shape index (κ2) is 7.36. The van der Waals surface area contributed by atoms with Gasteiger partial charge in [-0.05, 0) is 43.2 Å². The number of carbonyl (C=O) groups excluding carboxylic acids is 2. The number of hydrogen-bond donors (Lipinski definition) is 0. The number of allylic oxidation sites excluding steroid dienone is 1. The number of esters is 1. The number of rotatable bonds is 6. The Labute approximate surface area is 113 Å². The second-order valence-electron chi connectivity index (χ2n) is 4.05. The summed E-state index contributed by atoms with van der Waals surface area (Å²) in [5.74, 6) is -0.0355. The lowest BCUT2D eigenvalue weighted by molar-refractivity contribution is -0.134. The van der Waals surface area contributed by atoms with Gasteiger partial charge in [-0.1, -0.05) is 6.92 Å². The Morgan fingerprint density at radius 1 is 1.26 bits per heavy atom. The van der Waals surface area contributed by atoms with Gasteiger partial charge in [-0.25, -0.2) is 4.79 Å². The number of ketones is 1. The molecule has 0 aliphatic heterocycles. The van der Waals surface area contributed by atoms with Crippen molar-refractivity contribution in [2.45, 2.75) is 20.3 Å². The van der Waals surface area contributed by atoms with Gasteiger partial charge in [-0.2, -0.15) is 0 Å². The summed E-state index contributed by atoms with van der Waals surface area (Å²) < 4.78 is 9.92. The fourth-order valence-electron chi connectivity index (χ4n) is 1.52. The number of carbonyl (C=O) groups is 2. The van der Waals surface area contributed by atoms with Crippen LogP contribution in [0.5, 0.6) is 5.75 Å². The quantitative estimate of drug-likeness (QED) is 0.449. The maximum absolute atomic E-state index is 11.9. The van der Waals surface area contributed by atoms with Crippen LogP contribution in [0.2, 0.25) is 0 Å². The van der Waals surface area contributed by atoms with Crippen LogP contribution in [0.1, 0.15) is 29.3 Å². The van der Waals surface area contributed by atoms with E-state index in [0.29, 0.717) is 12.2 Å². The Bertz CT molecular complexity index is 489. The zero-order valence-electron chi connectivity index (χ0n) is 11.4. The smallest absolute Gasteiger partial charge is 0.330 e. The number of hydrogen-bond acceptors (Lipinski definition) is 4. The maximum atomic E-state index is 11.9. The highest BCUT2D eigenvalue weighted by molar-refractivity contribution is 6.07. The molecule has 19 heavy (non-hydrogen) atoms. The van der Waals surface area contributed by atoms with Crippen molar-refractivity contribution in [1.82, 2.24) is 0 Å². The average molecular weight is 262 g/mol. The minimum atomic E-state index is -0.547. The van der Waals surface area contributed by atoms with Crippen LogP contribution in [-0.2, 0) is 9.53 Å². The summed E-state index contributed by atoms with van der Waals surface area (Å²) in [6.07, 6.45) is 3.26. The largest absolute Gasteiger partial charge is 0.494 e. The summed E-state index contributed by atoms with van der Waals surface area (Å²) in [7, 11) is 1.27. The molecule has 0 aliphatic carbocycles. The third kappa shape index (κ3) is 4.58. The summed E-state index contributed by atoms with van der Waals surface area (Å²) in [5, 5.41) is 0. The van der Waals surface area contributed by atoms with Crippen LogP contribution in [0.3, 0.4) is 0 Å². The van der Waals surface area contributed by atoms with Crippen LogP contribution in [0.15, 0.2) is 30.4 Å². The van der Waals surface area contributed by atoms with E-state index in [4.69, 9.17) is 4.74 Å². The average Bonchev–Trinajstić information content (AvgIpc) is 2.42. The van der Waals surface area contributed by atoms with Gasteiger partial charge in [0, 0.05) is 11.6 Å². The highest BCUT2D eigenvalue weighted by atomic mass is 16.5. The van der Waals surface area contributed by atoms with Crippen LogP contribution >= 0.6 is 0 Å². The Hall–Kier alpha value is -2.10. The van der Waals surface area contributed by atoms with E-state index in [9.17, 15) is 9.59 Å². The number of aryl methyl sites for hydroxylation is 1. The van der Waals surface area contributed by atoms with Gasteiger partial charge in [0.2, 0.25) is 0 Å². The number of ether oxygens (including phenoxy) is 2. The van der Waals surface area contributed by atoms with E-state index in [1.54, 1.807) is 12.1 Å². The van der Waals surface area contributed by atoms with Gasteiger partial charge < -0.3 is 9.47 Å². The van der Waals surface area contributed by atoms with E-state index >= 15 is 0 Å². The summed E-state index contributed by atoms with van der Waals surface area (Å²) in [6, 6.07) is 5.26. The Morgan fingerprint density at radius 3 is 2.58 bits per heavy atom. The molecule has 4 heteroatoms. The lowest BCUT2D eigenvalue weighted by Gasteiger charge is -2.07. The van der Waals surface area contributed by atoms with Crippen LogP contribution in [0.25, 0.3) is 0 Å². The highest BCUT2D eigenvalue weighted by Crippen LogP contribution is 2.18. The summed E-state index contributed by atoms with van der Waals surface area (Å²) in [4.78, 5) is 22.8. The molecule has 0 aliphatic rings. The van der Waals surface area contributed by atoms with Gasteiger partial charge in [-0.3, -0.25) is 4.79 Å². The standard InChI is InChI=1S/C15H18O4/c1-4-9-19-12-5-6-13(11(2)10-12)14(16)7-8-15(17)18-3/h5-8,10H,4,9H2,1-3H3/b8-7+. The number of benzene rings is 1. The topological polar surface area (TPSA) is 52.6 Å². The van der Waals surface area contributed by atoms with Crippen LogP contribution in [0.4, 0.5) is 0 Å². The van der Waals surface area contributed by atoms with E-state index in [-0.39, 0.29) is 5.78 Å². The molecule has 1 aromatic carbocycles. The van der Waals surface area contributed by atoms with Crippen molar-refractivity contribution in [2.24, 2.45) is 0 Å². The molecule has 1 rings (SSSR count). The van der Waals surface area contributed by atoms with E-state index in [0.717, 1.165) is 23.8 Å². The zero-order chi connectivity index (χ0) is 14.3. The van der Waals surface area contributed by atoms with Crippen molar-refractivity contribution in [1.29, 1.82) is 0 Å². The molecule has 0 bridgehead atoms. The summed E-state index contributed by atoms with van der Waals surface area (Å²) in [6.45, 7) is 4.51. The fraction of sp³-hybridized carbons (Fsp3) is 0.333. The molecular weight excluding hydrogens is 244 g/mol. The fourth-order valence-corrected chi connectivity index (χ4v) is 1.52. The SMILES string of the molecule is CCCOc1ccc(C(=O)/C=C/C(=O)OC)c(C)c1. The normalized spacial score (nSPS) is 10.5. The Kier molecular flexibility index (Phi) is 5.79. The highest BCUT2D eigenvalue weighted by Gasteiger charge is 2.07. The maximum Gasteiger partial charge on any atom is 0.330 e. The van der Waals surface area contributed by atoms with Gasteiger partial charge in [0.25, 0.3) is 0 Å². The van der Waals surface area contributed by atoms with Gasteiger partial charge in [0.1, 0.15) is 5.75 Å². The first-order valence-electron chi connectivity index (χ1n) is 6.12. The molecule has 0 radical (unpaired) electrons. The Balaban J connectivity index is 2.81.